The third kappa shape index (κ3) is 5.87. The number of carbonyl (C=O) groups excluding carboxylic acids is 2. The van der Waals surface area contributed by atoms with Gasteiger partial charge in [0.1, 0.15) is 5.84 Å². The second-order valence-corrected chi connectivity index (χ2v) is 8.63. The Bertz CT molecular complexity index is 1290. The number of rotatable bonds is 8. The molecule has 6 N–H and O–H groups in total. The van der Waals surface area contributed by atoms with Gasteiger partial charge in [-0.1, -0.05) is 30.3 Å². The maximum Gasteiger partial charge on any atom is 0.305 e. The Labute approximate surface area is 208 Å². The van der Waals surface area contributed by atoms with Crippen LogP contribution in [0.4, 0.5) is 11.4 Å². The summed E-state index contributed by atoms with van der Waals surface area (Å²) in [6.07, 6.45) is 0.470. The number of carboxylic acid groups (broad SMARTS) is 1. The minimum absolute atomic E-state index is 0.0666. The summed E-state index contributed by atoms with van der Waals surface area (Å²) >= 11 is 0. The molecule has 0 fully saturated rings. The van der Waals surface area contributed by atoms with Crippen LogP contribution in [-0.2, 0) is 11.2 Å². The number of nitrogens with one attached hydrogen (secondary N) is 3. The highest BCUT2D eigenvalue weighted by Gasteiger charge is 2.29. The van der Waals surface area contributed by atoms with Gasteiger partial charge >= 0.3 is 5.97 Å². The Kier molecular flexibility index (Phi) is 7.29. The van der Waals surface area contributed by atoms with Crippen molar-refractivity contribution in [2.24, 2.45) is 5.73 Å². The summed E-state index contributed by atoms with van der Waals surface area (Å²) < 4.78 is 0. The number of amidine groups is 1. The number of nitrogen functional groups attached to an aromatic ring is 1. The number of hydrogen-bond donors (Lipinski definition) is 5. The lowest BCUT2D eigenvalue weighted by atomic mass is 10.1. The van der Waals surface area contributed by atoms with Crippen LogP contribution in [0.15, 0.2) is 72.8 Å². The molecule has 184 valence electrons. The van der Waals surface area contributed by atoms with Crippen molar-refractivity contribution in [1.29, 1.82) is 5.41 Å². The van der Waals surface area contributed by atoms with Gasteiger partial charge < -0.3 is 26.4 Å². The summed E-state index contributed by atoms with van der Waals surface area (Å²) in [7, 11) is 0. The molecule has 0 saturated carbocycles. The number of amides is 2. The van der Waals surface area contributed by atoms with Gasteiger partial charge in [0, 0.05) is 35.6 Å². The number of nitrogens with zero attached hydrogens (tertiary/aromatic N) is 1. The molecule has 0 aliphatic carbocycles. The average Bonchev–Trinajstić information content (AvgIpc) is 2.98. The molecule has 0 saturated heterocycles. The smallest absolute Gasteiger partial charge is 0.305 e. The van der Waals surface area contributed by atoms with E-state index < -0.39 is 12.0 Å². The van der Waals surface area contributed by atoms with E-state index in [2.05, 4.69) is 10.6 Å². The average molecular weight is 486 g/mol. The number of fused-ring (bicyclic) bond motifs is 1. The number of hydrogen-bond acceptors (Lipinski definition) is 5. The van der Waals surface area contributed by atoms with Gasteiger partial charge in [0.05, 0.1) is 18.0 Å². The van der Waals surface area contributed by atoms with Crippen molar-refractivity contribution in [3.63, 3.8) is 0 Å². The zero-order chi connectivity index (χ0) is 25.7. The molecule has 2 amide bonds. The van der Waals surface area contributed by atoms with E-state index in [1.165, 1.54) is 0 Å². The molecule has 1 atom stereocenters. The molecule has 1 aliphatic rings. The van der Waals surface area contributed by atoms with Gasteiger partial charge in [0.25, 0.3) is 11.8 Å². The molecule has 0 unspecified atom stereocenters. The highest BCUT2D eigenvalue weighted by atomic mass is 16.4. The van der Waals surface area contributed by atoms with E-state index in [4.69, 9.17) is 11.1 Å². The van der Waals surface area contributed by atoms with Crippen LogP contribution in [0, 0.1) is 5.41 Å². The quantitative estimate of drug-likeness (QED) is 0.244. The Morgan fingerprint density at radius 1 is 1.06 bits per heavy atom. The number of aliphatic carboxylic acids is 1. The minimum atomic E-state index is -0.977. The molecule has 9 nitrogen and oxygen atoms in total. The SMILES string of the molecule is N=C(N)c1ccc(NC(=O)c2ccc3c(c2)N[C@@H](CC(=O)O)CN(CCc2ccccc2)C3=O)cc1. The summed E-state index contributed by atoms with van der Waals surface area (Å²) in [6, 6.07) is 20.6. The number of carboxylic acids is 1. The highest BCUT2D eigenvalue weighted by Crippen LogP contribution is 2.26. The summed E-state index contributed by atoms with van der Waals surface area (Å²) in [5.41, 5.74) is 8.75. The lowest BCUT2D eigenvalue weighted by molar-refractivity contribution is -0.137. The third-order valence-electron chi connectivity index (χ3n) is 5.99. The first kappa shape index (κ1) is 24.5. The first-order chi connectivity index (χ1) is 17.3. The Morgan fingerprint density at radius 3 is 2.42 bits per heavy atom. The van der Waals surface area contributed by atoms with E-state index in [0.29, 0.717) is 41.0 Å². The van der Waals surface area contributed by atoms with Gasteiger partial charge in [-0.3, -0.25) is 19.8 Å². The van der Waals surface area contributed by atoms with Crippen molar-refractivity contribution in [3.05, 3.63) is 95.1 Å². The third-order valence-corrected chi connectivity index (χ3v) is 5.99. The van der Waals surface area contributed by atoms with E-state index >= 15 is 0 Å². The summed E-state index contributed by atoms with van der Waals surface area (Å²) in [6.45, 7) is 0.676. The van der Waals surface area contributed by atoms with Gasteiger partial charge in [-0.25, -0.2) is 0 Å². The predicted octanol–water partition coefficient (Wildman–Crippen LogP) is 3.18. The van der Waals surface area contributed by atoms with Gasteiger partial charge in [0.15, 0.2) is 0 Å². The van der Waals surface area contributed by atoms with Crippen molar-refractivity contribution in [2.75, 3.05) is 23.7 Å². The maximum absolute atomic E-state index is 13.4. The Morgan fingerprint density at radius 2 is 1.75 bits per heavy atom. The van der Waals surface area contributed by atoms with Crippen molar-refractivity contribution in [3.8, 4) is 0 Å². The van der Waals surface area contributed by atoms with E-state index in [-0.39, 0.29) is 30.6 Å². The highest BCUT2D eigenvalue weighted by molar-refractivity contribution is 6.07. The van der Waals surface area contributed by atoms with Crippen LogP contribution in [0.1, 0.15) is 38.3 Å². The van der Waals surface area contributed by atoms with E-state index in [1.54, 1.807) is 47.4 Å². The van der Waals surface area contributed by atoms with E-state index in [1.807, 2.05) is 30.3 Å². The molecule has 36 heavy (non-hydrogen) atoms. The van der Waals surface area contributed by atoms with Crippen LogP contribution in [0.3, 0.4) is 0 Å². The van der Waals surface area contributed by atoms with Crippen LogP contribution in [0.2, 0.25) is 0 Å². The lowest BCUT2D eigenvalue weighted by Gasteiger charge is -2.24. The summed E-state index contributed by atoms with van der Waals surface area (Å²) in [4.78, 5) is 39.4. The summed E-state index contributed by atoms with van der Waals surface area (Å²) in [5.74, 6) is -1.65. The number of carbonyl (C=O) groups is 3. The van der Waals surface area contributed by atoms with Gasteiger partial charge in [0.2, 0.25) is 0 Å². The Hall–Kier alpha value is -4.66. The topological polar surface area (TPSA) is 149 Å². The number of benzene rings is 3. The molecule has 0 spiro atoms. The van der Waals surface area contributed by atoms with Crippen molar-refractivity contribution < 1.29 is 19.5 Å². The molecule has 0 radical (unpaired) electrons. The van der Waals surface area contributed by atoms with Gasteiger partial charge in [-0.15, -0.1) is 0 Å². The van der Waals surface area contributed by atoms with Gasteiger partial charge in [-0.05, 0) is 54.4 Å². The fraction of sp³-hybridized carbons (Fsp3) is 0.185. The predicted molar refractivity (Wildman–Crippen MR) is 138 cm³/mol. The van der Waals surface area contributed by atoms with E-state index in [9.17, 15) is 19.5 Å². The van der Waals surface area contributed by atoms with Crippen molar-refractivity contribution in [1.82, 2.24) is 4.90 Å². The fourth-order valence-corrected chi connectivity index (χ4v) is 4.14. The minimum Gasteiger partial charge on any atom is -0.481 e. The number of nitrogens with two attached hydrogens (primary N) is 1. The molecule has 9 heteroatoms. The second-order valence-electron chi connectivity index (χ2n) is 8.63. The molecule has 0 bridgehead atoms. The number of anilines is 2. The largest absolute Gasteiger partial charge is 0.481 e. The first-order valence-corrected chi connectivity index (χ1v) is 11.5. The molecular weight excluding hydrogens is 458 g/mol. The molecule has 4 rings (SSSR count). The lowest BCUT2D eigenvalue weighted by Crippen LogP contribution is -2.39. The zero-order valence-corrected chi connectivity index (χ0v) is 19.5. The summed E-state index contributed by atoms with van der Waals surface area (Å²) in [5, 5.41) is 22.8. The fourth-order valence-electron chi connectivity index (χ4n) is 4.14. The molecule has 1 aliphatic heterocycles. The van der Waals surface area contributed by atoms with Crippen molar-refractivity contribution in [2.45, 2.75) is 18.9 Å². The first-order valence-electron chi connectivity index (χ1n) is 11.5. The van der Waals surface area contributed by atoms with Crippen LogP contribution in [0.25, 0.3) is 0 Å². The molecular formula is C27H27N5O4. The Balaban J connectivity index is 1.55. The van der Waals surface area contributed by atoms with Crippen LogP contribution in [-0.4, -0.2) is 52.8 Å². The normalized spacial score (nSPS) is 14.8. The second kappa shape index (κ2) is 10.7. The molecule has 3 aromatic rings. The molecule has 0 aromatic heterocycles. The van der Waals surface area contributed by atoms with E-state index in [0.717, 1.165) is 5.56 Å². The monoisotopic (exact) mass is 485 g/mol. The van der Waals surface area contributed by atoms with Crippen LogP contribution >= 0.6 is 0 Å². The van der Waals surface area contributed by atoms with Gasteiger partial charge in [-0.2, -0.15) is 0 Å². The molecule has 3 aromatic carbocycles. The van der Waals surface area contributed by atoms with Crippen LogP contribution < -0.4 is 16.4 Å². The van der Waals surface area contributed by atoms with Crippen LogP contribution in [0.5, 0.6) is 0 Å². The maximum atomic E-state index is 13.4. The van der Waals surface area contributed by atoms with Crippen molar-refractivity contribution >= 4 is 35.0 Å². The zero-order valence-electron chi connectivity index (χ0n) is 19.5. The standard InChI is InChI=1S/C27H27N5O4/c28-25(29)18-6-9-20(10-7-18)31-26(35)19-8-11-22-23(14-19)30-21(15-24(33)34)16-32(27(22)36)13-12-17-4-2-1-3-5-17/h1-11,14,21,30H,12-13,15-16H2,(H3,28,29)(H,31,35)(H,33,34)/t21-/m0/s1. The molecule has 1 heterocycles.